The zero-order valence-electron chi connectivity index (χ0n) is 12.7. The van der Waals surface area contributed by atoms with Crippen LogP contribution >= 0.6 is 0 Å². The van der Waals surface area contributed by atoms with Crippen molar-refractivity contribution in [3.8, 4) is 0 Å². The molecule has 0 radical (unpaired) electrons. The number of likely N-dealkylation sites (N-methyl/N-ethyl adjacent to an activating group) is 1. The van der Waals surface area contributed by atoms with E-state index in [0.717, 1.165) is 45.9 Å². The predicted octanol–water partition coefficient (Wildman–Crippen LogP) is 0.0321. The highest BCUT2D eigenvalue weighted by atomic mass is 16.5. The van der Waals surface area contributed by atoms with Crippen molar-refractivity contribution in [2.24, 2.45) is 4.99 Å². The molecule has 118 valence electrons. The first-order valence-electron chi connectivity index (χ1n) is 7.58. The van der Waals surface area contributed by atoms with E-state index >= 15 is 0 Å². The van der Waals surface area contributed by atoms with Gasteiger partial charge in [-0.2, -0.15) is 0 Å². The molecule has 0 amide bonds. The van der Waals surface area contributed by atoms with Crippen molar-refractivity contribution in [3.63, 3.8) is 0 Å². The van der Waals surface area contributed by atoms with Crippen molar-refractivity contribution >= 4 is 6.21 Å². The van der Waals surface area contributed by atoms with E-state index in [-0.39, 0.29) is 0 Å². The van der Waals surface area contributed by atoms with E-state index in [0.29, 0.717) is 33.0 Å². The molecule has 1 N–H and O–H groups in total. The Morgan fingerprint density at radius 2 is 1.80 bits per heavy atom. The van der Waals surface area contributed by atoms with E-state index < -0.39 is 0 Å². The predicted molar refractivity (Wildman–Crippen MR) is 80.8 cm³/mol. The lowest BCUT2D eigenvalue weighted by atomic mass is 10.4. The van der Waals surface area contributed by atoms with Crippen molar-refractivity contribution in [2.45, 2.75) is 6.92 Å². The number of aliphatic imine (C=N–C) groups is 1. The minimum atomic E-state index is 0.581. The fourth-order valence-corrected chi connectivity index (χ4v) is 1.86. The quantitative estimate of drug-likeness (QED) is 0.740. The Morgan fingerprint density at radius 1 is 1.05 bits per heavy atom. The highest BCUT2D eigenvalue weighted by Crippen LogP contribution is 1.91. The third kappa shape index (κ3) is 10.3. The molecular formula is C14H29N3O3. The van der Waals surface area contributed by atoms with Crippen LogP contribution in [0.2, 0.25) is 0 Å². The lowest BCUT2D eigenvalue weighted by molar-refractivity contribution is 0.0382. The van der Waals surface area contributed by atoms with Crippen molar-refractivity contribution in [1.29, 1.82) is 0 Å². The second kappa shape index (κ2) is 13.5. The molecular weight excluding hydrogens is 258 g/mol. The van der Waals surface area contributed by atoms with Crippen LogP contribution in [0.15, 0.2) is 4.99 Å². The Labute approximate surface area is 122 Å². The maximum Gasteiger partial charge on any atom is 0.0814 e. The first kappa shape index (κ1) is 17.5. The van der Waals surface area contributed by atoms with Gasteiger partial charge in [0.25, 0.3) is 0 Å². The molecule has 0 saturated carbocycles. The molecule has 0 atom stereocenters. The summed E-state index contributed by atoms with van der Waals surface area (Å²) in [5.41, 5.74) is 0. The van der Waals surface area contributed by atoms with Gasteiger partial charge in [0.2, 0.25) is 0 Å². The number of nitrogens with one attached hydrogen (secondary N) is 1. The van der Waals surface area contributed by atoms with Crippen LogP contribution in [-0.2, 0) is 14.2 Å². The van der Waals surface area contributed by atoms with Crippen LogP contribution in [0.5, 0.6) is 0 Å². The second-order valence-corrected chi connectivity index (χ2v) is 4.58. The number of ether oxygens (including phenoxy) is 3. The lowest BCUT2D eigenvalue weighted by Crippen LogP contribution is -2.37. The summed E-state index contributed by atoms with van der Waals surface area (Å²) >= 11 is 0. The zero-order valence-corrected chi connectivity index (χ0v) is 12.7. The van der Waals surface area contributed by atoms with Gasteiger partial charge in [0.1, 0.15) is 0 Å². The van der Waals surface area contributed by atoms with E-state index in [1.165, 1.54) is 0 Å². The molecule has 20 heavy (non-hydrogen) atoms. The number of rotatable bonds is 4. The molecule has 0 aromatic rings. The van der Waals surface area contributed by atoms with Crippen LogP contribution < -0.4 is 5.32 Å². The SMILES string of the molecule is CCNCCN1CCOC/C=N/CCOCCOCC1. The van der Waals surface area contributed by atoms with Crippen LogP contribution in [0.1, 0.15) is 6.92 Å². The number of hydrogen-bond donors (Lipinski definition) is 1. The molecule has 0 unspecified atom stereocenters. The number of nitrogens with zero attached hydrogens (tertiary/aromatic N) is 2. The van der Waals surface area contributed by atoms with Crippen molar-refractivity contribution in [3.05, 3.63) is 0 Å². The Hall–Kier alpha value is -0.530. The van der Waals surface area contributed by atoms with Gasteiger partial charge in [-0.05, 0) is 6.54 Å². The Morgan fingerprint density at radius 3 is 2.60 bits per heavy atom. The average Bonchev–Trinajstić information content (AvgIpc) is 2.47. The van der Waals surface area contributed by atoms with Gasteiger partial charge in [0.15, 0.2) is 0 Å². The van der Waals surface area contributed by atoms with Gasteiger partial charge in [0.05, 0.1) is 46.2 Å². The molecule has 0 aliphatic carbocycles. The summed E-state index contributed by atoms with van der Waals surface area (Å²) in [5, 5.41) is 3.34. The Balaban J connectivity index is 2.25. The standard InChI is InChI=1S/C14H29N3O3/c1-2-15-3-6-17-7-11-18-9-4-16-5-10-19-13-14-20-12-8-17/h4,15H,2-3,5-14H2,1H3/b16-4+. The normalized spacial score (nSPS) is 22.9. The van der Waals surface area contributed by atoms with E-state index in [1.807, 2.05) is 6.21 Å². The summed E-state index contributed by atoms with van der Waals surface area (Å²) in [4.78, 5) is 6.58. The van der Waals surface area contributed by atoms with Gasteiger partial charge in [-0.15, -0.1) is 0 Å². The summed E-state index contributed by atoms with van der Waals surface area (Å²) in [7, 11) is 0. The molecule has 1 aliphatic heterocycles. The van der Waals surface area contributed by atoms with Crippen molar-refractivity contribution in [2.75, 3.05) is 78.9 Å². The largest absolute Gasteiger partial charge is 0.378 e. The summed E-state index contributed by atoms with van der Waals surface area (Å²) in [6.07, 6.45) is 1.82. The third-order valence-corrected chi connectivity index (χ3v) is 3.02. The molecule has 1 rings (SSSR count). The summed E-state index contributed by atoms with van der Waals surface area (Å²) in [6.45, 7) is 11.7. The van der Waals surface area contributed by atoms with Crippen LogP contribution in [0.3, 0.4) is 0 Å². The minimum Gasteiger partial charge on any atom is -0.378 e. The average molecular weight is 287 g/mol. The van der Waals surface area contributed by atoms with E-state index in [9.17, 15) is 0 Å². The lowest BCUT2D eigenvalue weighted by Gasteiger charge is -2.22. The van der Waals surface area contributed by atoms with Crippen LogP contribution in [0.4, 0.5) is 0 Å². The zero-order chi connectivity index (χ0) is 14.3. The van der Waals surface area contributed by atoms with Crippen LogP contribution in [0.25, 0.3) is 0 Å². The highest BCUT2D eigenvalue weighted by molar-refractivity contribution is 5.58. The molecule has 6 nitrogen and oxygen atoms in total. The maximum atomic E-state index is 5.58. The first-order chi connectivity index (χ1) is 9.93. The van der Waals surface area contributed by atoms with E-state index in [1.54, 1.807) is 0 Å². The minimum absolute atomic E-state index is 0.581. The van der Waals surface area contributed by atoms with Crippen LogP contribution in [-0.4, -0.2) is 90.0 Å². The maximum absolute atomic E-state index is 5.58. The molecule has 0 aromatic carbocycles. The van der Waals surface area contributed by atoms with Crippen LogP contribution in [0, 0.1) is 0 Å². The van der Waals surface area contributed by atoms with Gasteiger partial charge in [0, 0.05) is 32.4 Å². The molecule has 1 heterocycles. The number of hydrogen-bond acceptors (Lipinski definition) is 6. The Bertz CT molecular complexity index is 240. The van der Waals surface area contributed by atoms with E-state index in [4.69, 9.17) is 14.2 Å². The molecule has 0 saturated heterocycles. The third-order valence-electron chi connectivity index (χ3n) is 3.02. The van der Waals surface area contributed by atoms with Gasteiger partial charge in [-0.3, -0.25) is 9.89 Å². The fraction of sp³-hybridized carbons (Fsp3) is 0.929. The van der Waals surface area contributed by atoms with E-state index in [2.05, 4.69) is 22.1 Å². The van der Waals surface area contributed by atoms with Gasteiger partial charge >= 0.3 is 0 Å². The monoisotopic (exact) mass is 287 g/mol. The first-order valence-corrected chi connectivity index (χ1v) is 7.58. The van der Waals surface area contributed by atoms with Gasteiger partial charge in [-0.25, -0.2) is 0 Å². The molecule has 0 bridgehead atoms. The van der Waals surface area contributed by atoms with Gasteiger partial charge < -0.3 is 19.5 Å². The molecule has 1 aliphatic rings. The molecule has 0 aromatic heterocycles. The Kier molecular flexibility index (Phi) is 11.8. The second-order valence-electron chi connectivity index (χ2n) is 4.58. The summed E-state index contributed by atoms with van der Waals surface area (Å²) < 4.78 is 16.5. The summed E-state index contributed by atoms with van der Waals surface area (Å²) in [5.74, 6) is 0. The molecule has 0 fully saturated rings. The van der Waals surface area contributed by atoms with Gasteiger partial charge in [-0.1, -0.05) is 6.92 Å². The fourth-order valence-electron chi connectivity index (χ4n) is 1.86. The topological polar surface area (TPSA) is 55.3 Å². The summed E-state index contributed by atoms with van der Waals surface area (Å²) in [6, 6.07) is 0. The highest BCUT2D eigenvalue weighted by Gasteiger charge is 2.04. The van der Waals surface area contributed by atoms with Crippen molar-refractivity contribution in [1.82, 2.24) is 10.2 Å². The molecule has 0 spiro atoms. The smallest absolute Gasteiger partial charge is 0.0814 e. The molecule has 6 heteroatoms. The van der Waals surface area contributed by atoms with Crippen molar-refractivity contribution < 1.29 is 14.2 Å².